The number of hydrogen-bond donors (Lipinski definition) is 1. The minimum Gasteiger partial charge on any atom is -0.397 e. The number of rotatable bonds is 5. The van der Waals surface area contributed by atoms with Gasteiger partial charge in [-0.25, -0.2) is 0 Å². The van der Waals surface area contributed by atoms with Gasteiger partial charge >= 0.3 is 0 Å². The monoisotopic (exact) mass is 221 g/mol. The Morgan fingerprint density at radius 1 is 0.800 bits per heavy atom. The SMILES string of the molecule is CCN(CC)CC.CCO.CCOCC. The van der Waals surface area contributed by atoms with Crippen LogP contribution in [0.4, 0.5) is 0 Å². The van der Waals surface area contributed by atoms with Crippen LogP contribution < -0.4 is 0 Å². The molecule has 3 nitrogen and oxygen atoms in total. The zero-order valence-electron chi connectivity index (χ0n) is 11.5. The van der Waals surface area contributed by atoms with Crippen molar-refractivity contribution in [3.05, 3.63) is 0 Å². The van der Waals surface area contributed by atoms with Gasteiger partial charge in [0.05, 0.1) is 0 Å². The summed E-state index contributed by atoms with van der Waals surface area (Å²) >= 11 is 0. The Balaban J connectivity index is -0.000000158. The number of nitrogens with zero attached hydrogens (tertiary/aromatic N) is 1. The molecule has 0 saturated carbocycles. The molecule has 1 N–H and O–H groups in total. The zero-order chi connectivity index (χ0) is 12.5. The van der Waals surface area contributed by atoms with Gasteiger partial charge in [0.1, 0.15) is 0 Å². The number of aliphatic hydroxyl groups is 1. The maximum Gasteiger partial charge on any atom is 0.0437 e. The average Bonchev–Trinajstić information content (AvgIpc) is 2.24. The predicted octanol–water partition coefficient (Wildman–Crippen LogP) is 2.39. The second-order valence-electron chi connectivity index (χ2n) is 2.72. The lowest BCUT2D eigenvalue weighted by Gasteiger charge is -2.13. The van der Waals surface area contributed by atoms with E-state index in [9.17, 15) is 0 Å². The first-order valence-corrected chi connectivity index (χ1v) is 6.08. The number of ether oxygens (including phenoxy) is 1. The molecule has 0 radical (unpaired) electrons. The van der Waals surface area contributed by atoms with Crippen LogP contribution in [0.3, 0.4) is 0 Å². The van der Waals surface area contributed by atoms with Gasteiger partial charge in [0.2, 0.25) is 0 Å². The van der Waals surface area contributed by atoms with Crippen molar-refractivity contribution >= 4 is 0 Å². The fraction of sp³-hybridized carbons (Fsp3) is 1.00. The first-order valence-electron chi connectivity index (χ1n) is 6.08. The lowest BCUT2D eigenvalue weighted by atomic mass is 10.5. The Kier molecular flexibility index (Phi) is 31.9. The number of aliphatic hydroxyl groups excluding tert-OH is 1. The zero-order valence-corrected chi connectivity index (χ0v) is 11.5. The van der Waals surface area contributed by atoms with E-state index in [2.05, 4.69) is 25.7 Å². The van der Waals surface area contributed by atoms with Gasteiger partial charge in [-0.3, -0.25) is 0 Å². The molecule has 0 aromatic heterocycles. The van der Waals surface area contributed by atoms with Crippen molar-refractivity contribution < 1.29 is 9.84 Å². The summed E-state index contributed by atoms with van der Waals surface area (Å²) in [6.45, 7) is 17.7. The summed E-state index contributed by atoms with van der Waals surface area (Å²) in [4.78, 5) is 2.38. The molecule has 0 aliphatic heterocycles. The normalized spacial score (nSPS) is 8.80. The molecule has 0 aromatic carbocycles. The Morgan fingerprint density at radius 2 is 1.07 bits per heavy atom. The van der Waals surface area contributed by atoms with Crippen molar-refractivity contribution in [2.45, 2.75) is 41.5 Å². The molecule has 3 heteroatoms. The molecule has 0 bridgehead atoms. The molecule has 0 aliphatic carbocycles. The fourth-order valence-electron chi connectivity index (χ4n) is 0.875. The lowest BCUT2D eigenvalue weighted by molar-refractivity contribution is 0.162. The van der Waals surface area contributed by atoms with Gasteiger partial charge in [-0.15, -0.1) is 0 Å². The van der Waals surface area contributed by atoms with E-state index in [0.29, 0.717) is 0 Å². The summed E-state index contributed by atoms with van der Waals surface area (Å²) in [5, 5.41) is 7.57. The van der Waals surface area contributed by atoms with Crippen molar-refractivity contribution in [2.75, 3.05) is 39.5 Å². The Labute approximate surface area is 96.4 Å². The topological polar surface area (TPSA) is 32.7 Å². The Bertz CT molecular complexity index is 68.5. The summed E-state index contributed by atoms with van der Waals surface area (Å²) in [5.41, 5.74) is 0. The minimum atomic E-state index is 0.250. The Morgan fingerprint density at radius 3 is 1.07 bits per heavy atom. The van der Waals surface area contributed by atoms with Gasteiger partial charge in [-0.05, 0) is 40.4 Å². The molecular formula is C12H31NO2. The van der Waals surface area contributed by atoms with Crippen molar-refractivity contribution in [1.82, 2.24) is 4.90 Å². The number of hydrogen-bond acceptors (Lipinski definition) is 3. The van der Waals surface area contributed by atoms with Gasteiger partial charge in [-0.1, -0.05) is 20.8 Å². The summed E-state index contributed by atoms with van der Waals surface area (Å²) in [5.74, 6) is 0. The van der Waals surface area contributed by atoms with Crippen LogP contribution in [-0.4, -0.2) is 49.5 Å². The largest absolute Gasteiger partial charge is 0.397 e. The van der Waals surface area contributed by atoms with Crippen molar-refractivity contribution in [3.63, 3.8) is 0 Å². The highest BCUT2D eigenvalue weighted by molar-refractivity contribution is 4.43. The molecule has 0 rings (SSSR count). The van der Waals surface area contributed by atoms with E-state index in [0.717, 1.165) is 13.2 Å². The van der Waals surface area contributed by atoms with Crippen LogP contribution >= 0.6 is 0 Å². The highest BCUT2D eigenvalue weighted by Crippen LogP contribution is 1.81. The van der Waals surface area contributed by atoms with E-state index in [4.69, 9.17) is 9.84 Å². The third kappa shape index (κ3) is 31.5. The van der Waals surface area contributed by atoms with Crippen molar-refractivity contribution in [2.24, 2.45) is 0 Å². The molecule has 0 heterocycles. The summed E-state index contributed by atoms with van der Waals surface area (Å²) < 4.78 is 4.83. The van der Waals surface area contributed by atoms with E-state index in [1.807, 2.05) is 13.8 Å². The molecule has 0 aliphatic rings. The maximum absolute atomic E-state index is 7.57. The maximum atomic E-state index is 7.57. The molecule has 15 heavy (non-hydrogen) atoms. The highest BCUT2D eigenvalue weighted by atomic mass is 16.5. The van der Waals surface area contributed by atoms with Crippen LogP contribution in [0.25, 0.3) is 0 Å². The van der Waals surface area contributed by atoms with Crippen LogP contribution in [0.5, 0.6) is 0 Å². The van der Waals surface area contributed by atoms with Crippen LogP contribution in [0, 0.1) is 0 Å². The van der Waals surface area contributed by atoms with E-state index < -0.39 is 0 Å². The van der Waals surface area contributed by atoms with Crippen LogP contribution in [0.2, 0.25) is 0 Å². The fourth-order valence-corrected chi connectivity index (χ4v) is 0.875. The summed E-state index contributed by atoms with van der Waals surface area (Å²) in [7, 11) is 0. The lowest BCUT2D eigenvalue weighted by Crippen LogP contribution is -2.21. The standard InChI is InChI=1S/C6H15N.C4H10O.C2H6O/c1-4-7(5-2)6-3;1-3-5-4-2;1-2-3/h4-6H2,1-3H3;3-4H2,1-2H3;3H,2H2,1H3. The summed E-state index contributed by atoms with van der Waals surface area (Å²) in [6.07, 6.45) is 0. The van der Waals surface area contributed by atoms with Crippen LogP contribution in [0.15, 0.2) is 0 Å². The molecule has 96 valence electrons. The summed E-state index contributed by atoms with van der Waals surface area (Å²) in [6, 6.07) is 0. The second kappa shape index (κ2) is 23.6. The molecular weight excluding hydrogens is 190 g/mol. The minimum absolute atomic E-state index is 0.250. The van der Waals surface area contributed by atoms with E-state index in [1.165, 1.54) is 19.6 Å². The molecule has 0 aromatic rings. The molecule has 0 spiro atoms. The third-order valence-electron chi connectivity index (χ3n) is 1.75. The quantitative estimate of drug-likeness (QED) is 0.774. The van der Waals surface area contributed by atoms with Gasteiger partial charge in [0, 0.05) is 19.8 Å². The van der Waals surface area contributed by atoms with Crippen molar-refractivity contribution in [3.8, 4) is 0 Å². The molecule has 0 saturated heterocycles. The predicted molar refractivity (Wildman–Crippen MR) is 68.4 cm³/mol. The molecule has 0 atom stereocenters. The second-order valence-corrected chi connectivity index (χ2v) is 2.72. The van der Waals surface area contributed by atoms with Gasteiger partial charge < -0.3 is 14.7 Å². The first kappa shape index (κ1) is 20.3. The highest BCUT2D eigenvalue weighted by Gasteiger charge is 1.89. The molecule has 0 amide bonds. The molecule has 0 unspecified atom stereocenters. The van der Waals surface area contributed by atoms with E-state index in [-0.39, 0.29) is 6.61 Å². The van der Waals surface area contributed by atoms with Gasteiger partial charge in [0.25, 0.3) is 0 Å². The average molecular weight is 221 g/mol. The van der Waals surface area contributed by atoms with Crippen molar-refractivity contribution in [1.29, 1.82) is 0 Å². The smallest absolute Gasteiger partial charge is 0.0437 e. The Hall–Kier alpha value is -0.120. The van der Waals surface area contributed by atoms with E-state index >= 15 is 0 Å². The van der Waals surface area contributed by atoms with Gasteiger partial charge in [0.15, 0.2) is 0 Å². The first-order chi connectivity index (χ1) is 7.17. The third-order valence-corrected chi connectivity index (χ3v) is 1.75. The van der Waals surface area contributed by atoms with Crippen LogP contribution in [-0.2, 0) is 4.74 Å². The van der Waals surface area contributed by atoms with Gasteiger partial charge in [-0.2, -0.15) is 0 Å². The molecule has 0 fully saturated rings. The van der Waals surface area contributed by atoms with E-state index in [1.54, 1.807) is 6.92 Å². The van der Waals surface area contributed by atoms with Crippen LogP contribution in [0.1, 0.15) is 41.5 Å².